The maximum Gasteiger partial charge on any atom is 0.134 e. The van der Waals surface area contributed by atoms with Crippen LogP contribution >= 0.6 is 0 Å². The van der Waals surface area contributed by atoms with Crippen LogP contribution in [-0.2, 0) is 0 Å². The molecule has 0 radical (unpaired) electrons. The summed E-state index contributed by atoms with van der Waals surface area (Å²) in [7, 11) is 0. The second-order valence-electron chi connectivity index (χ2n) is 5.38. The number of nitrogens with zero attached hydrogens (tertiary/aromatic N) is 1. The third-order valence-corrected chi connectivity index (χ3v) is 4.16. The summed E-state index contributed by atoms with van der Waals surface area (Å²) < 4.78 is 5.89. The minimum atomic E-state index is 0.279. The molecule has 3 heteroatoms. The molecule has 3 nitrogen and oxygen atoms in total. The number of rotatable bonds is 5. The molecule has 1 aliphatic rings. The fourth-order valence-electron chi connectivity index (χ4n) is 3.16. The molecule has 0 amide bonds. The van der Waals surface area contributed by atoms with E-state index in [0.717, 1.165) is 17.9 Å². The maximum absolute atomic E-state index is 6.08. The first-order chi connectivity index (χ1) is 9.26. The molecule has 2 N–H and O–H groups in total. The van der Waals surface area contributed by atoms with Crippen molar-refractivity contribution in [3.8, 4) is 0 Å². The first-order valence-corrected chi connectivity index (χ1v) is 7.20. The van der Waals surface area contributed by atoms with E-state index >= 15 is 0 Å². The van der Waals surface area contributed by atoms with Gasteiger partial charge in [0.25, 0.3) is 0 Å². The third-order valence-electron chi connectivity index (χ3n) is 4.16. The lowest BCUT2D eigenvalue weighted by molar-refractivity contribution is 0.201. The summed E-state index contributed by atoms with van der Waals surface area (Å²) in [6.45, 7) is 5.97. The molecular formula is C16H22N2O. The molecule has 0 saturated heterocycles. The third kappa shape index (κ3) is 2.17. The van der Waals surface area contributed by atoms with Crippen LogP contribution in [0.15, 0.2) is 28.7 Å². The molecule has 1 aliphatic carbocycles. The van der Waals surface area contributed by atoms with E-state index in [2.05, 4.69) is 30.9 Å². The highest BCUT2D eigenvalue weighted by Gasteiger charge is 2.34. The number of hydrogen-bond acceptors (Lipinski definition) is 3. The Labute approximate surface area is 114 Å². The van der Waals surface area contributed by atoms with Gasteiger partial charge in [-0.2, -0.15) is 0 Å². The number of benzene rings is 1. The number of fused-ring (bicyclic) bond motifs is 1. The van der Waals surface area contributed by atoms with Gasteiger partial charge in [-0.15, -0.1) is 0 Å². The van der Waals surface area contributed by atoms with Crippen molar-refractivity contribution in [1.29, 1.82) is 0 Å². The zero-order chi connectivity index (χ0) is 13.4. The lowest BCUT2D eigenvalue weighted by Crippen LogP contribution is -2.35. The van der Waals surface area contributed by atoms with Crippen LogP contribution in [0.1, 0.15) is 37.1 Å². The average molecular weight is 258 g/mol. The molecule has 19 heavy (non-hydrogen) atoms. The topological polar surface area (TPSA) is 42.4 Å². The molecule has 1 heterocycles. The molecule has 0 bridgehead atoms. The van der Waals surface area contributed by atoms with Crippen LogP contribution in [-0.4, -0.2) is 24.0 Å². The Morgan fingerprint density at radius 3 is 2.74 bits per heavy atom. The summed E-state index contributed by atoms with van der Waals surface area (Å²) in [5.74, 6) is 1.01. The van der Waals surface area contributed by atoms with E-state index in [4.69, 9.17) is 10.2 Å². The van der Waals surface area contributed by atoms with E-state index in [1.165, 1.54) is 23.8 Å². The molecule has 1 aromatic heterocycles. The second kappa shape index (κ2) is 4.99. The molecule has 1 saturated carbocycles. The van der Waals surface area contributed by atoms with Crippen LogP contribution in [0, 0.1) is 6.92 Å². The van der Waals surface area contributed by atoms with Gasteiger partial charge in [0, 0.05) is 23.5 Å². The maximum atomic E-state index is 6.08. The zero-order valence-corrected chi connectivity index (χ0v) is 11.7. The number of para-hydroxylation sites is 1. The van der Waals surface area contributed by atoms with Gasteiger partial charge in [0.1, 0.15) is 11.3 Å². The molecule has 0 spiro atoms. The number of furan rings is 1. The molecule has 1 fully saturated rings. The molecule has 2 aromatic rings. The van der Waals surface area contributed by atoms with Crippen molar-refractivity contribution >= 4 is 11.0 Å². The van der Waals surface area contributed by atoms with Gasteiger partial charge in [-0.05, 0) is 32.4 Å². The summed E-state index contributed by atoms with van der Waals surface area (Å²) in [5, 5.41) is 1.22. The Balaban J connectivity index is 2.07. The van der Waals surface area contributed by atoms with Gasteiger partial charge in [0.15, 0.2) is 0 Å². The van der Waals surface area contributed by atoms with Gasteiger partial charge in [-0.1, -0.05) is 25.1 Å². The van der Waals surface area contributed by atoms with E-state index in [0.29, 0.717) is 12.6 Å². The highest BCUT2D eigenvalue weighted by molar-refractivity contribution is 5.82. The highest BCUT2D eigenvalue weighted by Crippen LogP contribution is 2.38. The number of hydrogen-bond donors (Lipinski definition) is 1. The summed E-state index contributed by atoms with van der Waals surface area (Å²) >= 11 is 0. The Morgan fingerprint density at radius 1 is 1.37 bits per heavy atom. The van der Waals surface area contributed by atoms with E-state index in [1.54, 1.807) is 0 Å². The van der Waals surface area contributed by atoms with Crippen LogP contribution < -0.4 is 5.73 Å². The van der Waals surface area contributed by atoms with E-state index in [-0.39, 0.29) is 6.04 Å². The predicted molar refractivity (Wildman–Crippen MR) is 78.1 cm³/mol. The van der Waals surface area contributed by atoms with Gasteiger partial charge < -0.3 is 10.2 Å². The van der Waals surface area contributed by atoms with E-state index in [9.17, 15) is 0 Å². The van der Waals surface area contributed by atoms with Gasteiger partial charge >= 0.3 is 0 Å². The minimum absolute atomic E-state index is 0.279. The normalized spacial score (nSPS) is 17.3. The Kier molecular flexibility index (Phi) is 3.33. The van der Waals surface area contributed by atoms with Crippen LogP contribution in [0.25, 0.3) is 11.0 Å². The fourth-order valence-corrected chi connectivity index (χ4v) is 3.16. The number of aryl methyl sites for hydroxylation is 1. The monoisotopic (exact) mass is 258 g/mol. The molecule has 1 unspecified atom stereocenters. The van der Waals surface area contributed by atoms with Crippen molar-refractivity contribution in [1.82, 2.24) is 4.90 Å². The Morgan fingerprint density at radius 2 is 2.11 bits per heavy atom. The molecule has 0 aliphatic heterocycles. The summed E-state index contributed by atoms with van der Waals surface area (Å²) in [5.41, 5.74) is 8.34. The van der Waals surface area contributed by atoms with Gasteiger partial charge in [-0.3, -0.25) is 4.90 Å². The zero-order valence-electron chi connectivity index (χ0n) is 11.7. The van der Waals surface area contributed by atoms with Crippen molar-refractivity contribution in [3.05, 3.63) is 35.6 Å². The lowest BCUT2D eigenvalue weighted by atomic mass is 10.0. The van der Waals surface area contributed by atoms with Gasteiger partial charge in [-0.25, -0.2) is 0 Å². The number of nitrogens with two attached hydrogens (primary N) is 1. The van der Waals surface area contributed by atoms with Crippen LogP contribution in [0.5, 0.6) is 0 Å². The van der Waals surface area contributed by atoms with Crippen LogP contribution in [0.3, 0.4) is 0 Å². The summed E-state index contributed by atoms with van der Waals surface area (Å²) in [4.78, 5) is 2.53. The Bertz CT molecular complexity index is 571. The fraction of sp³-hybridized carbons (Fsp3) is 0.500. The van der Waals surface area contributed by atoms with Crippen molar-refractivity contribution in [2.45, 2.75) is 38.8 Å². The van der Waals surface area contributed by atoms with Crippen molar-refractivity contribution in [2.24, 2.45) is 5.73 Å². The smallest absolute Gasteiger partial charge is 0.134 e. The van der Waals surface area contributed by atoms with E-state index in [1.807, 2.05) is 12.1 Å². The molecule has 1 aromatic carbocycles. The second-order valence-corrected chi connectivity index (χ2v) is 5.38. The van der Waals surface area contributed by atoms with Gasteiger partial charge in [0.05, 0.1) is 6.04 Å². The predicted octanol–water partition coefficient (Wildman–Crippen LogP) is 3.23. The standard InChI is InChI=1S/C16H22N2O/c1-3-18(12-8-9-12)14(10-17)16-11(2)19-15-7-5-4-6-13(15)16/h4-7,12,14H,3,8-10,17H2,1-2H3. The summed E-state index contributed by atoms with van der Waals surface area (Å²) in [6, 6.07) is 9.26. The highest BCUT2D eigenvalue weighted by atomic mass is 16.3. The average Bonchev–Trinajstić information content (AvgIpc) is 3.19. The minimum Gasteiger partial charge on any atom is -0.461 e. The largest absolute Gasteiger partial charge is 0.461 e. The molecular weight excluding hydrogens is 236 g/mol. The molecule has 102 valence electrons. The van der Waals surface area contributed by atoms with Crippen molar-refractivity contribution < 1.29 is 4.42 Å². The number of likely N-dealkylation sites (N-methyl/N-ethyl adjacent to an activating group) is 1. The first kappa shape index (κ1) is 12.7. The van der Waals surface area contributed by atoms with Crippen LogP contribution in [0.2, 0.25) is 0 Å². The van der Waals surface area contributed by atoms with Gasteiger partial charge in [0.2, 0.25) is 0 Å². The van der Waals surface area contributed by atoms with Crippen molar-refractivity contribution in [3.63, 3.8) is 0 Å². The van der Waals surface area contributed by atoms with Crippen LogP contribution in [0.4, 0.5) is 0 Å². The molecule has 3 rings (SSSR count). The van der Waals surface area contributed by atoms with Crippen molar-refractivity contribution in [2.75, 3.05) is 13.1 Å². The molecule has 1 atom stereocenters. The summed E-state index contributed by atoms with van der Waals surface area (Å²) in [6.07, 6.45) is 2.61. The Hall–Kier alpha value is -1.32. The lowest BCUT2D eigenvalue weighted by Gasteiger charge is -2.30. The SMILES string of the molecule is CCN(C1CC1)C(CN)c1c(C)oc2ccccc12. The first-order valence-electron chi connectivity index (χ1n) is 7.20. The quantitative estimate of drug-likeness (QED) is 0.895. The van der Waals surface area contributed by atoms with E-state index < -0.39 is 0 Å².